The Kier molecular flexibility index (Phi) is 4.40. The van der Waals surface area contributed by atoms with E-state index in [1.54, 1.807) is 0 Å². The number of carbonyl (C=O) groups is 1. The molecule has 0 spiro atoms. The fourth-order valence-electron chi connectivity index (χ4n) is 2.67. The molecule has 2 N–H and O–H groups in total. The summed E-state index contributed by atoms with van der Waals surface area (Å²) in [5, 5.41) is 6.08. The van der Waals surface area contributed by atoms with Crippen LogP contribution < -0.4 is 10.6 Å². The van der Waals surface area contributed by atoms with Crippen LogP contribution in [0.3, 0.4) is 0 Å². The number of hydrogen-bond acceptors (Lipinski definition) is 5. The fourth-order valence-corrected chi connectivity index (χ4v) is 2.67. The number of benzene rings is 1. The average molecular weight is 303 g/mol. The molecule has 0 bridgehead atoms. The van der Waals surface area contributed by atoms with Crippen LogP contribution in [0.25, 0.3) is 11.1 Å². The molecule has 6 nitrogen and oxygen atoms in total. The summed E-state index contributed by atoms with van der Waals surface area (Å²) in [6.07, 6.45) is 0.461. The van der Waals surface area contributed by atoms with E-state index in [1.165, 1.54) is 0 Å². The van der Waals surface area contributed by atoms with Gasteiger partial charge in [0.2, 0.25) is 5.91 Å². The zero-order valence-electron chi connectivity index (χ0n) is 12.9. The zero-order chi connectivity index (χ0) is 15.5. The number of aryl methyl sites for hydroxylation is 1. The second kappa shape index (κ2) is 6.46. The number of aromatic nitrogens is 1. The summed E-state index contributed by atoms with van der Waals surface area (Å²) in [6.45, 7) is 5.75. The molecule has 0 aliphatic carbocycles. The van der Waals surface area contributed by atoms with Gasteiger partial charge in [0.1, 0.15) is 11.6 Å². The lowest BCUT2D eigenvalue weighted by molar-refractivity contribution is -0.128. The van der Waals surface area contributed by atoms with Gasteiger partial charge in [0.05, 0.1) is 12.7 Å². The first kappa shape index (κ1) is 15.0. The number of hydrogen-bond donors (Lipinski definition) is 2. The van der Waals surface area contributed by atoms with Crippen LogP contribution >= 0.6 is 0 Å². The number of fused-ring (bicyclic) bond motifs is 1. The van der Waals surface area contributed by atoms with E-state index in [2.05, 4.69) is 15.6 Å². The van der Waals surface area contributed by atoms with Gasteiger partial charge in [-0.1, -0.05) is 12.1 Å². The SMILES string of the molecule is Cc1cccc2oc(CCNC(=O)[C@H]3NCCO[C@@H]3C)nc12. The summed E-state index contributed by atoms with van der Waals surface area (Å²) < 4.78 is 11.2. The van der Waals surface area contributed by atoms with E-state index < -0.39 is 0 Å². The van der Waals surface area contributed by atoms with Gasteiger partial charge >= 0.3 is 0 Å². The quantitative estimate of drug-likeness (QED) is 0.887. The lowest BCUT2D eigenvalue weighted by Crippen LogP contribution is -2.55. The first-order chi connectivity index (χ1) is 10.6. The van der Waals surface area contributed by atoms with Crippen molar-refractivity contribution in [2.45, 2.75) is 32.4 Å². The number of carbonyl (C=O) groups excluding carboxylic acids is 1. The predicted octanol–water partition coefficient (Wildman–Crippen LogP) is 1.17. The predicted molar refractivity (Wildman–Crippen MR) is 82.7 cm³/mol. The van der Waals surface area contributed by atoms with Gasteiger partial charge in [-0.2, -0.15) is 0 Å². The van der Waals surface area contributed by atoms with Gasteiger partial charge in [0.15, 0.2) is 11.5 Å². The Balaban J connectivity index is 1.55. The van der Waals surface area contributed by atoms with Crippen LogP contribution in [0.1, 0.15) is 18.4 Å². The van der Waals surface area contributed by atoms with Crippen LogP contribution in [-0.4, -0.2) is 42.7 Å². The fraction of sp³-hybridized carbons (Fsp3) is 0.500. The maximum absolute atomic E-state index is 12.1. The molecule has 1 aromatic carbocycles. The molecule has 1 aromatic heterocycles. The number of rotatable bonds is 4. The molecule has 1 amide bonds. The molecule has 3 rings (SSSR count). The number of nitrogens with zero attached hydrogens (tertiary/aromatic N) is 1. The van der Waals surface area contributed by atoms with E-state index in [0.717, 1.165) is 16.7 Å². The summed E-state index contributed by atoms with van der Waals surface area (Å²) in [7, 11) is 0. The number of nitrogens with one attached hydrogen (secondary N) is 2. The number of ether oxygens (including phenoxy) is 1. The average Bonchev–Trinajstić information content (AvgIpc) is 2.92. The third kappa shape index (κ3) is 3.13. The molecule has 2 atom stereocenters. The van der Waals surface area contributed by atoms with Crippen molar-refractivity contribution >= 4 is 17.0 Å². The molecule has 118 valence electrons. The van der Waals surface area contributed by atoms with E-state index in [9.17, 15) is 4.79 Å². The standard InChI is InChI=1S/C16H21N3O3/c1-10-4-3-5-12-14(10)19-13(22-12)6-7-18-16(20)15-11(2)21-9-8-17-15/h3-5,11,15,17H,6-9H2,1-2H3,(H,18,20)/t11-,15+/m1/s1. The minimum Gasteiger partial charge on any atom is -0.441 e. The minimum atomic E-state index is -0.292. The van der Waals surface area contributed by atoms with Crippen molar-refractivity contribution in [3.8, 4) is 0 Å². The molecule has 0 unspecified atom stereocenters. The Bertz CT molecular complexity index is 668. The van der Waals surface area contributed by atoms with Crippen molar-refractivity contribution in [3.05, 3.63) is 29.7 Å². The lowest BCUT2D eigenvalue weighted by Gasteiger charge is -2.29. The normalized spacial score (nSPS) is 21.9. The molecule has 1 saturated heterocycles. The maximum atomic E-state index is 12.1. The molecular weight excluding hydrogens is 282 g/mol. The van der Waals surface area contributed by atoms with Crippen molar-refractivity contribution in [1.82, 2.24) is 15.6 Å². The van der Waals surface area contributed by atoms with Crippen LogP contribution in [0.2, 0.25) is 0 Å². The third-order valence-electron chi connectivity index (χ3n) is 3.90. The Morgan fingerprint density at radius 1 is 1.50 bits per heavy atom. The number of para-hydroxylation sites is 1. The second-order valence-corrected chi connectivity index (χ2v) is 5.58. The molecule has 6 heteroatoms. The van der Waals surface area contributed by atoms with Crippen molar-refractivity contribution in [2.24, 2.45) is 0 Å². The smallest absolute Gasteiger partial charge is 0.239 e. The third-order valence-corrected chi connectivity index (χ3v) is 3.90. The summed E-state index contributed by atoms with van der Waals surface area (Å²) >= 11 is 0. The van der Waals surface area contributed by atoms with Crippen LogP contribution in [0, 0.1) is 6.92 Å². The number of morpholine rings is 1. The highest BCUT2D eigenvalue weighted by atomic mass is 16.5. The van der Waals surface area contributed by atoms with Crippen molar-refractivity contribution < 1.29 is 13.9 Å². The van der Waals surface area contributed by atoms with Crippen molar-refractivity contribution in [1.29, 1.82) is 0 Å². The molecule has 2 aromatic rings. The monoisotopic (exact) mass is 303 g/mol. The molecule has 1 fully saturated rings. The van der Waals surface area contributed by atoms with Crippen LogP contribution in [0.5, 0.6) is 0 Å². The molecule has 1 aliphatic heterocycles. The van der Waals surface area contributed by atoms with E-state index in [1.807, 2.05) is 32.0 Å². The Morgan fingerprint density at radius 2 is 2.36 bits per heavy atom. The van der Waals surface area contributed by atoms with Crippen LogP contribution in [0.4, 0.5) is 0 Å². The van der Waals surface area contributed by atoms with Crippen molar-refractivity contribution in [3.63, 3.8) is 0 Å². The van der Waals surface area contributed by atoms with Gasteiger partial charge in [-0.3, -0.25) is 4.79 Å². The molecule has 0 radical (unpaired) electrons. The summed E-state index contributed by atoms with van der Waals surface area (Å²) in [5.74, 6) is 0.602. The molecular formula is C16H21N3O3. The second-order valence-electron chi connectivity index (χ2n) is 5.58. The summed E-state index contributed by atoms with van der Waals surface area (Å²) in [4.78, 5) is 16.6. The highest BCUT2D eigenvalue weighted by Crippen LogP contribution is 2.18. The Morgan fingerprint density at radius 3 is 3.14 bits per heavy atom. The van der Waals surface area contributed by atoms with Crippen LogP contribution in [0.15, 0.2) is 22.6 Å². The summed E-state index contributed by atoms with van der Waals surface area (Å²) in [6, 6.07) is 5.57. The number of amides is 1. The van der Waals surface area contributed by atoms with Gasteiger partial charge < -0.3 is 19.8 Å². The van der Waals surface area contributed by atoms with Crippen molar-refractivity contribution in [2.75, 3.05) is 19.7 Å². The first-order valence-corrected chi connectivity index (χ1v) is 7.63. The maximum Gasteiger partial charge on any atom is 0.239 e. The molecule has 22 heavy (non-hydrogen) atoms. The number of oxazole rings is 1. The minimum absolute atomic E-state index is 0.0421. The highest BCUT2D eigenvalue weighted by Gasteiger charge is 2.27. The van der Waals surface area contributed by atoms with Gasteiger partial charge in [-0.25, -0.2) is 4.98 Å². The topological polar surface area (TPSA) is 76.4 Å². The summed E-state index contributed by atoms with van der Waals surface area (Å²) in [5.41, 5.74) is 2.77. The molecule has 2 heterocycles. The molecule has 1 aliphatic rings. The first-order valence-electron chi connectivity index (χ1n) is 7.63. The van der Waals surface area contributed by atoms with Gasteiger partial charge in [0.25, 0.3) is 0 Å². The Hall–Kier alpha value is -1.92. The molecule has 0 saturated carbocycles. The highest BCUT2D eigenvalue weighted by molar-refractivity contribution is 5.82. The lowest BCUT2D eigenvalue weighted by atomic mass is 10.1. The largest absolute Gasteiger partial charge is 0.441 e. The zero-order valence-corrected chi connectivity index (χ0v) is 12.9. The van der Waals surface area contributed by atoms with Gasteiger partial charge in [0, 0.05) is 19.5 Å². The van der Waals surface area contributed by atoms with E-state index in [4.69, 9.17) is 9.15 Å². The van der Waals surface area contributed by atoms with Gasteiger partial charge in [-0.05, 0) is 25.5 Å². The van der Waals surface area contributed by atoms with E-state index in [0.29, 0.717) is 32.0 Å². The van der Waals surface area contributed by atoms with E-state index >= 15 is 0 Å². The van der Waals surface area contributed by atoms with Gasteiger partial charge in [-0.15, -0.1) is 0 Å². The van der Waals surface area contributed by atoms with Crippen LogP contribution in [-0.2, 0) is 16.0 Å². The van der Waals surface area contributed by atoms with E-state index in [-0.39, 0.29) is 18.1 Å². The Labute approximate surface area is 129 Å².